The van der Waals surface area contributed by atoms with Crippen LogP contribution in [0.15, 0.2) is 9.71 Å². The minimum Gasteiger partial charge on any atom is -0.475 e. The predicted molar refractivity (Wildman–Crippen MR) is 108 cm³/mol. The lowest BCUT2D eigenvalue weighted by Crippen LogP contribution is -2.83. The fourth-order valence-electron chi connectivity index (χ4n) is 4.30. The van der Waals surface area contributed by atoms with E-state index in [-0.39, 0.29) is 15.6 Å². The number of ether oxygens (including phenoxy) is 3. The van der Waals surface area contributed by atoms with Gasteiger partial charge in [0.15, 0.2) is 4.49 Å². The monoisotopic (exact) mass is 544 g/mol. The van der Waals surface area contributed by atoms with Gasteiger partial charge in [-0.2, -0.15) is 0 Å². The molecule has 2 aliphatic heterocycles. The maximum absolute atomic E-state index is 6.25. The van der Waals surface area contributed by atoms with E-state index in [0.717, 1.165) is 0 Å². The SMILES string of the molecule is C[C@]12[C@H]3CC[C@H](OC(Cl)=C(Cl)Cl)[C@H]1O[C@@]2(C(Cl)(Cl)Cl)O[C@@H](C(Cl)(Cl)Cl)C3. The van der Waals surface area contributed by atoms with Gasteiger partial charge in [0.05, 0.1) is 5.41 Å². The molecule has 3 rings (SSSR count). The van der Waals surface area contributed by atoms with Crippen LogP contribution in [-0.2, 0) is 14.2 Å². The van der Waals surface area contributed by atoms with Crippen molar-refractivity contribution in [3.63, 3.8) is 0 Å². The van der Waals surface area contributed by atoms with Gasteiger partial charge < -0.3 is 14.2 Å². The van der Waals surface area contributed by atoms with E-state index in [1.165, 1.54) is 0 Å². The summed E-state index contributed by atoms with van der Waals surface area (Å²) in [5.74, 6) is -1.57. The summed E-state index contributed by atoms with van der Waals surface area (Å²) in [4.78, 5) is 0. The highest BCUT2D eigenvalue weighted by Gasteiger charge is 2.81. The lowest BCUT2D eigenvalue weighted by atomic mass is 9.54. The maximum Gasteiger partial charge on any atom is 0.244 e. The van der Waals surface area contributed by atoms with Crippen LogP contribution < -0.4 is 0 Å². The van der Waals surface area contributed by atoms with E-state index in [1.54, 1.807) is 0 Å². The van der Waals surface area contributed by atoms with Crippen molar-refractivity contribution in [3.05, 3.63) is 9.71 Å². The molecule has 0 unspecified atom stereocenters. The van der Waals surface area contributed by atoms with Gasteiger partial charge in [-0.25, -0.2) is 0 Å². The van der Waals surface area contributed by atoms with E-state index in [0.29, 0.717) is 19.3 Å². The topological polar surface area (TPSA) is 27.7 Å². The molecule has 0 aromatic heterocycles. The molecular formula is C14H13Cl9O3. The molecule has 12 heteroatoms. The van der Waals surface area contributed by atoms with Gasteiger partial charge in [-0.3, -0.25) is 0 Å². The normalized spacial score (nSPS) is 42.5. The Labute approximate surface area is 196 Å². The molecule has 0 bridgehead atoms. The van der Waals surface area contributed by atoms with Gasteiger partial charge in [0.2, 0.25) is 18.6 Å². The second-order valence-corrected chi connectivity index (χ2v) is 12.7. The Morgan fingerprint density at radius 3 is 2.12 bits per heavy atom. The first-order valence-electron chi connectivity index (χ1n) is 7.60. The molecule has 26 heavy (non-hydrogen) atoms. The molecule has 150 valence electrons. The van der Waals surface area contributed by atoms with Gasteiger partial charge in [-0.15, -0.1) is 0 Å². The molecule has 2 heterocycles. The molecule has 0 aromatic carbocycles. The van der Waals surface area contributed by atoms with E-state index >= 15 is 0 Å². The largest absolute Gasteiger partial charge is 0.475 e. The second-order valence-electron chi connectivity index (χ2n) is 6.78. The molecule has 0 radical (unpaired) electrons. The van der Waals surface area contributed by atoms with Crippen molar-refractivity contribution in [1.29, 1.82) is 0 Å². The zero-order chi connectivity index (χ0) is 19.7. The van der Waals surface area contributed by atoms with E-state index < -0.39 is 37.1 Å². The van der Waals surface area contributed by atoms with Crippen LogP contribution in [0.4, 0.5) is 0 Å². The first-order chi connectivity index (χ1) is 11.7. The molecule has 6 atom stereocenters. The molecule has 3 fully saturated rings. The summed E-state index contributed by atoms with van der Waals surface area (Å²) in [5.41, 5.74) is -0.705. The number of halogens is 9. The lowest BCUT2D eigenvalue weighted by Gasteiger charge is -2.72. The number of hydrogen-bond donors (Lipinski definition) is 0. The molecule has 2 saturated heterocycles. The molecule has 1 aliphatic carbocycles. The first kappa shape index (κ1) is 22.7. The van der Waals surface area contributed by atoms with E-state index in [2.05, 4.69) is 0 Å². The standard InChI is InChI=1S/C14H13Cl9O3/c1-11-5-2-3-6(24-10(17)9(15)16)8(11)26-13(11,14(21,22)23)25-7(4-5)12(18,19)20/h5-8H,2-4H2,1H3/t5-,6-,7+,8+,11-,13-/m0/s1. The third-order valence-corrected chi connectivity index (χ3v) is 7.82. The summed E-state index contributed by atoms with van der Waals surface area (Å²) in [6.07, 6.45) is 0.0977. The van der Waals surface area contributed by atoms with Crippen LogP contribution in [0.5, 0.6) is 0 Å². The fourth-order valence-corrected chi connectivity index (χ4v) is 5.78. The molecule has 0 N–H and O–H groups in total. The van der Waals surface area contributed by atoms with Gasteiger partial charge in [0.25, 0.3) is 0 Å². The van der Waals surface area contributed by atoms with Crippen molar-refractivity contribution in [3.8, 4) is 0 Å². The smallest absolute Gasteiger partial charge is 0.244 e. The van der Waals surface area contributed by atoms with Crippen molar-refractivity contribution in [2.24, 2.45) is 11.3 Å². The van der Waals surface area contributed by atoms with E-state index in [9.17, 15) is 0 Å². The number of hydrogen-bond acceptors (Lipinski definition) is 3. The van der Waals surface area contributed by atoms with Crippen molar-refractivity contribution in [2.45, 2.75) is 57.9 Å². The third kappa shape index (κ3) is 3.43. The maximum atomic E-state index is 6.25. The molecule has 1 saturated carbocycles. The predicted octanol–water partition coefficient (Wildman–Crippen LogP) is 7.26. The lowest BCUT2D eigenvalue weighted by molar-refractivity contribution is -0.484. The van der Waals surface area contributed by atoms with Crippen LogP contribution in [0, 0.1) is 11.3 Å². The average Bonchev–Trinajstić information content (AvgIpc) is 2.47. The first-order valence-corrected chi connectivity index (χ1v) is 11.0. The minimum absolute atomic E-state index is 0.0142. The van der Waals surface area contributed by atoms with Gasteiger partial charge >= 0.3 is 0 Å². The Kier molecular flexibility index (Phi) is 6.42. The van der Waals surface area contributed by atoms with Crippen molar-refractivity contribution >= 4 is 104 Å². The van der Waals surface area contributed by atoms with Crippen LogP contribution in [-0.4, -0.2) is 31.7 Å². The Hall–Kier alpha value is 2.07. The molecular weight excluding hydrogens is 535 g/mol. The summed E-state index contributed by atoms with van der Waals surface area (Å²) in [5, 5.41) is -0.119. The summed E-state index contributed by atoms with van der Waals surface area (Å²) in [7, 11) is 0. The Morgan fingerprint density at radius 1 is 1.00 bits per heavy atom. The molecule has 3 aliphatic rings. The highest BCUT2D eigenvalue weighted by molar-refractivity contribution is 6.69. The molecule has 0 spiro atoms. The highest BCUT2D eigenvalue weighted by Crippen LogP contribution is 2.71. The van der Waals surface area contributed by atoms with Gasteiger partial charge in [0, 0.05) is 0 Å². The zero-order valence-corrected chi connectivity index (χ0v) is 19.9. The Morgan fingerprint density at radius 2 is 1.62 bits per heavy atom. The Bertz CT molecular complexity index is 612. The van der Waals surface area contributed by atoms with Gasteiger partial charge in [-0.05, 0) is 36.8 Å². The summed E-state index contributed by atoms with van der Waals surface area (Å²) in [6, 6.07) is 0. The molecule has 0 aromatic rings. The molecule has 0 amide bonds. The summed E-state index contributed by atoms with van der Waals surface area (Å²) in [6.45, 7) is 1.91. The van der Waals surface area contributed by atoms with Crippen LogP contribution in [0.2, 0.25) is 0 Å². The van der Waals surface area contributed by atoms with Crippen molar-refractivity contribution in [1.82, 2.24) is 0 Å². The fraction of sp³-hybridized carbons (Fsp3) is 0.857. The van der Waals surface area contributed by atoms with Crippen LogP contribution in [0.1, 0.15) is 26.2 Å². The Balaban J connectivity index is 1.96. The van der Waals surface area contributed by atoms with Gasteiger partial charge in [0.1, 0.15) is 18.3 Å². The quantitative estimate of drug-likeness (QED) is 0.269. The molecule has 3 nitrogen and oxygen atoms in total. The van der Waals surface area contributed by atoms with Gasteiger partial charge in [-0.1, -0.05) is 99.7 Å². The van der Waals surface area contributed by atoms with Crippen molar-refractivity contribution in [2.75, 3.05) is 0 Å². The van der Waals surface area contributed by atoms with Crippen LogP contribution >= 0.6 is 104 Å². The van der Waals surface area contributed by atoms with E-state index in [4.69, 9.17) is 119 Å². The number of alkyl halides is 6. The van der Waals surface area contributed by atoms with Crippen molar-refractivity contribution < 1.29 is 14.2 Å². The van der Waals surface area contributed by atoms with Crippen LogP contribution in [0.25, 0.3) is 0 Å². The van der Waals surface area contributed by atoms with E-state index in [1.807, 2.05) is 6.92 Å². The third-order valence-electron chi connectivity index (χ3n) is 5.53. The summed E-state index contributed by atoms with van der Waals surface area (Å²) >= 11 is 54.2. The zero-order valence-electron chi connectivity index (χ0n) is 13.1. The average molecular weight is 548 g/mol. The number of rotatable bonds is 2. The highest BCUT2D eigenvalue weighted by atomic mass is 35.6. The summed E-state index contributed by atoms with van der Waals surface area (Å²) < 4.78 is 13.9. The van der Waals surface area contributed by atoms with Crippen LogP contribution in [0.3, 0.4) is 0 Å². The minimum atomic E-state index is -1.92. The second kappa shape index (κ2) is 7.34.